The first-order valence-electron chi connectivity index (χ1n) is 5.35. The molecule has 0 heterocycles. The standard InChI is InChI=1S/C12H17FO2/c1-2-3-4-5-8-15-12-9-10(13)6-7-11(12)14/h6-7,9,14H,2-5,8H2,1H3. The molecular formula is C12H17FO2. The normalized spacial score (nSPS) is 10.3. The molecule has 0 aliphatic heterocycles. The molecule has 0 amide bonds. The predicted molar refractivity (Wildman–Crippen MR) is 57.7 cm³/mol. The van der Waals surface area contributed by atoms with E-state index in [1.165, 1.54) is 31.0 Å². The second-order valence-corrected chi connectivity index (χ2v) is 3.52. The third kappa shape index (κ3) is 4.19. The molecule has 0 unspecified atom stereocenters. The molecule has 1 aromatic carbocycles. The first-order chi connectivity index (χ1) is 7.24. The first kappa shape index (κ1) is 11.8. The van der Waals surface area contributed by atoms with Crippen LogP contribution in [0.15, 0.2) is 18.2 Å². The second-order valence-electron chi connectivity index (χ2n) is 3.52. The van der Waals surface area contributed by atoms with Crippen molar-refractivity contribution in [2.45, 2.75) is 32.6 Å². The fourth-order valence-corrected chi connectivity index (χ4v) is 1.31. The van der Waals surface area contributed by atoms with Gasteiger partial charge in [0.15, 0.2) is 11.5 Å². The molecule has 1 aromatic rings. The maximum Gasteiger partial charge on any atom is 0.163 e. The molecule has 0 atom stereocenters. The number of hydrogen-bond acceptors (Lipinski definition) is 2. The van der Waals surface area contributed by atoms with Crippen molar-refractivity contribution in [2.24, 2.45) is 0 Å². The van der Waals surface area contributed by atoms with Crippen LogP contribution in [-0.4, -0.2) is 11.7 Å². The van der Waals surface area contributed by atoms with E-state index in [2.05, 4.69) is 6.92 Å². The van der Waals surface area contributed by atoms with E-state index >= 15 is 0 Å². The Labute approximate surface area is 89.7 Å². The van der Waals surface area contributed by atoms with Crippen molar-refractivity contribution in [1.29, 1.82) is 0 Å². The van der Waals surface area contributed by atoms with Gasteiger partial charge in [0.1, 0.15) is 5.82 Å². The number of rotatable bonds is 6. The summed E-state index contributed by atoms with van der Waals surface area (Å²) < 4.78 is 18.1. The summed E-state index contributed by atoms with van der Waals surface area (Å²) in [5.41, 5.74) is 0. The van der Waals surface area contributed by atoms with Gasteiger partial charge in [-0.25, -0.2) is 4.39 Å². The Balaban J connectivity index is 2.33. The summed E-state index contributed by atoms with van der Waals surface area (Å²) in [6, 6.07) is 3.71. The fourth-order valence-electron chi connectivity index (χ4n) is 1.31. The molecule has 0 fully saturated rings. The molecule has 0 radical (unpaired) electrons. The Kier molecular flexibility index (Phi) is 4.95. The van der Waals surface area contributed by atoms with Crippen LogP contribution in [0.2, 0.25) is 0 Å². The van der Waals surface area contributed by atoms with Crippen LogP contribution in [0.5, 0.6) is 11.5 Å². The van der Waals surface area contributed by atoms with Crippen LogP contribution in [0.3, 0.4) is 0 Å². The molecule has 0 aliphatic rings. The number of hydrogen-bond donors (Lipinski definition) is 1. The average Bonchev–Trinajstić information content (AvgIpc) is 2.23. The quantitative estimate of drug-likeness (QED) is 0.731. The van der Waals surface area contributed by atoms with Crippen LogP contribution < -0.4 is 4.74 Å². The minimum absolute atomic E-state index is 0.00751. The first-order valence-corrected chi connectivity index (χ1v) is 5.35. The van der Waals surface area contributed by atoms with Gasteiger partial charge >= 0.3 is 0 Å². The van der Waals surface area contributed by atoms with Gasteiger partial charge in [0.25, 0.3) is 0 Å². The fraction of sp³-hybridized carbons (Fsp3) is 0.500. The van der Waals surface area contributed by atoms with Gasteiger partial charge in [0.2, 0.25) is 0 Å². The van der Waals surface area contributed by atoms with Crippen molar-refractivity contribution in [1.82, 2.24) is 0 Å². The molecule has 1 rings (SSSR count). The number of unbranched alkanes of at least 4 members (excludes halogenated alkanes) is 3. The third-order valence-electron chi connectivity index (χ3n) is 2.18. The second kappa shape index (κ2) is 6.27. The van der Waals surface area contributed by atoms with Gasteiger partial charge < -0.3 is 9.84 Å². The van der Waals surface area contributed by atoms with E-state index in [4.69, 9.17) is 4.74 Å². The highest BCUT2D eigenvalue weighted by Crippen LogP contribution is 2.26. The highest BCUT2D eigenvalue weighted by atomic mass is 19.1. The minimum Gasteiger partial charge on any atom is -0.504 e. The zero-order valence-corrected chi connectivity index (χ0v) is 9.00. The SMILES string of the molecule is CCCCCCOc1cc(F)ccc1O. The van der Waals surface area contributed by atoms with Gasteiger partial charge in [-0.15, -0.1) is 0 Å². The van der Waals surface area contributed by atoms with E-state index in [1.807, 2.05) is 0 Å². The Hall–Kier alpha value is -1.25. The van der Waals surface area contributed by atoms with Crippen molar-refractivity contribution in [3.8, 4) is 11.5 Å². The van der Waals surface area contributed by atoms with Crippen LogP contribution >= 0.6 is 0 Å². The third-order valence-corrected chi connectivity index (χ3v) is 2.18. The van der Waals surface area contributed by atoms with E-state index in [0.29, 0.717) is 6.61 Å². The van der Waals surface area contributed by atoms with Gasteiger partial charge in [-0.2, -0.15) is 0 Å². The summed E-state index contributed by atoms with van der Waals surface area (Å²) in [5, 5.41) is 9.35. The number of ether oxygens (including phenoxy) is 1. The maximum absolute atomic E-state index is 12.8. The Morgan fingerprint density at radius 3 is 2.80 bits per heavy atom. The van der Waals surface area contributed by atoms with Crippen molar-refractivity contribution in [3.05, 3.63) is 24.0 Å². The number of benzene rings is 1. The molecule has 0 spiro atoms. The van der Waals surface area contributed by atoms with Crippen LogP contribution in [-0.2, 0) is 0 Å². The topological polar surface area (TPSA) is 29.5 Å². The van der Waals surface area contributed by atoms with Crippen LogP contribution in [0, 0.1) is 5.82 Å². The lowest BCUT2D eigenvalue weighted by Crippen LogP contribution is -1.97. The lowest BCUT2D eigenvalue weighted by Gasteiger charge is -2.07. The Bertz CT molecular complexity index is 300. The summed E-state index contributed by atoms with van der Waals surface area (Å²) in [4.78, 5) is 0. The average molecular weight is 212 g/mol. The Morgan fingerprint density at radius 1 is 1.27 bits per heavy atom. The predicted octanol–water partition coefficient (Wildman–Crippen LogP) is 3.49. The molecule has 3 heteroatoms. The van der Waals surface area contributed by atoms with Gasteiger partial charge in [-0.05, 0) is 18.6 Å². The molecule has 2 nitrogen and oxygen atoms in total. The number of halogens is 1. The molecular weight excluding hydrogens is 195 g/mol. The van der Waals surface area contributed by atoms with Crippen molar-refractivity contribution in [2.75, 3.05) is 6.61 Å². The summed E-state index contributed by atoms with van der Waals surface area (Å²) in [7, 11) is 0. The van der Waals surface area contributed by atoms with Gasteiger partial charge in [-0.3, -0.25) is 0 Å². The maximum atomic E-state index is 12.8. The summed E-state index contributed by atoms with van der Waals surface area (Å²) in [5.74, 6) is -0.172. The van der Waals surface area contributed by atoms with E-state index in [9.17, 15) is 9.50 Å². The zero-order valence-electron chi connectivity index (χ0n) is 9.00. The van der Waals surface area contributed by atoms with Gasteiger partial charge in [0, 0.05) is 6.07 Å². The van der Waals surface area contributed by atoms with Crippen molar-refractivity contribution in [3.63, 3.8) is 0 Å². The summed E-state index contributed by atoms with van der Waals surface area (Å²) >= 11 is 0. The molecule has 1 N–H and O–H groups in total. The highest BCUT2D eigenvalue weighted by molar-refractivity contribution is 5.38. The number of aromatic hydroxyl groups is 1. The van der Waals surface area contributed by atoms with Crippen LogP contribution in [0.1, 0.15) is 32.6 Å². The molecule has 0 aromatic heterocycles. The van der Waals surface area contributed by atoms with E-state index in [0.717, 1.165) is 12.8 Å². The molecule has 0 saturated heterocycles. The van der Waals surface area contributed by atoms with Gasteiger partial charge in [0.05, 0.1) is 6.61 Å². The van der Waals surface area contributed by atoms with E-state index in [-0.39, 0.29) is 11.5 Å². The van der Waals surface area contributed by atoms with Crippen molar-refractivity contribution >= 4 is 0 Å². The zero-order chi connectivity index (χ0) is 11.1. The lowest BCUT2D eigenvalue weighted by atomic mass is 10.2. The summed E-state index contributed by atoms with van der Waals surface area (Å²) in [6.07, 6.45) is 4.39. The lowest BCUT2D eigenvalue weighted by molar-refractivity contribution is 0.287. The molecule has 0 aliphatic carbocycles. The largest absolute Gasteiger partial charge is 0.504 e. The monoisotopic (exact) mass is 212 g/mol. The molecule has 84 valence electrons. The van der Waals surface area contributed by atoms with Gasteiger partial charge in [-0.1, -0.05) is 26.2 Å². The molecule has 0 saturated carbocycles. The van der Waals surface area contributed by atoms with E-state index < -0.39 is 5.82 Å². The minimum atomic E-state index is -0.392. The van der Waals surface area contributed by atoms with E-state index in [1.54, 1.807) is 0 Å². The highest BCUT2D eigenvalue weighted by Gasteiger charge is 2.03. The molecule has 15 heavy (non-hydrogen) atoms. The number of phenolic OH excluding ortho intramolecular Hbond substituents is 1. The molecule has 0 bridgehead atoms. The van der Waals surface area contributed by atoms with Crippen molar-refractivity contribution < 1.29 is 14.2 Å². The number of phenols is 1. The summed E-state index contributed by atoms with van der Waals surface area (Å²) in [6.45, 7) is 2.66. The van der Waals surface area contributed by atoms with Crippen LogP contribution in [0.4, 0.5) is 4.39 Å². The van der Waals surface area contributed by atoms with Crippen LogP contribution in [0.25, 0.3) is 0 Å². The Morgan fingerprint density at radius 2 is 2.07 bits per heavy atom. The smallest absolute Gasteiger partial charge is 0.163 e.